The van der Waals surface area contributed by atoms with Crippen molar-refractivity contribution in [2.24, 2.45) is 0 Å². The molecule has 0 saturated heterocycles. The van der Waals surface area contributed by atoms with Gasteiger partial charge in [-0.1, -0.05) is 0 Å². The maximum atomic E-state index is 12.5. The Hall–Kier alpha value is -2.31. The normalized spacial score (nSPS) is 11.8. The molecule has 0 atom stereocenters. The van der Waals surface area contributed by atoms with Crippen molar-refractivity contribution in [1.82, 2.24) is 15.6 Å². The number of nitrogen functional groups attached to an aromatic ring is 1. The van der Waals surface area contributed by atoms with Crippen LogP contribution in [-0.4, -0.2) is 29.7 Å². The summed E-state index contributed by atoms with van der Waals surface area (Å²) in [6.07, 6.45) is 0. The Morgan fingerprint density at radius 1 is 1.50 bits per heavy atom. The zero-order valence-electron chi connectivity index (χ0n) is 11.7. The van der Waals surface area contributed by atoms with Crippen molar-refractivity contribution in [3.05, 3.63) is 34.3 Å². The summed E-state index contributed by atoms with van der Waals surface area (Å²) < 4.78 is 12.5. The molecule has 0 bridgehead atoms. The monoisotopic (exact) mass is 282 g/mol. The predicted octanol–water partition coefficient (Wildman–Crippen LogP) is 0.855. The third kappa shape index (κ3) is 3.59. The van der Waals surface area contributed by atoms with Gasteiger partial charge in [0.2, 0.25) is 5.76 Å². The number of aryl methyl sites for hydroxylation is 2. The number of anilines is 1. The summed E-state index contributed by atoms with van der Waals surface area (Å²) in [5.41, 5.74) is 7.85. The van der Waals surface area contributed by atoms with Gasteiger partial charge in [0.1, 0.15) is 12.5 Å². The molecule has 0 unspecified atom stereocenters. The van der Waals surface area contributed by atoms with E-state index in [-0.39, 0.29) is 12.2 Å². The first-order valence-corrected chi connectivity index (χ1v) is 6.07. The summed E-state index contributed by atoms with van der Waals surface area (Å²) in [6.45, 7) is 2.86. The first-order valence-electron chi connectivity index (χ1n) is 6.07. The van der Waals surface area contributed by atoms with E-state index in [0.29, 0.717) is 11.5 Å². The summed E-state index contributed by atoms with van der Waals surface area (Å²) in [6, 6.07) is 1.70. The van der Waals surface area contributed by atoms with Crippen molar-refractivity contribution in [2.45, 2.75) is 20.4 Å². The number of aliphatic hydroxyl groups excluding tert-OH is 1. The van der Waals surface area contributed by atoms with E-state index in [1.54, 1.807) is 13.0 Å². The van der Waals surface area contributed by atoms with Gasteiger partial charge in [0.25, 0.3) is 5.91 Å². The molecule has 0 spiro atoms. The third-order valence-corrected chi connectivity index (χ3v) is 2.94. The summed E-state index contributed by atoms with van der Waals surface area (Å²) in [5, 5.41) is 14.5. The number of amides is 1. The fraction of sp³-hybridized carbons (Fsp3) is 0.385. The second kappa shape index (κ2) is 6.74. The van der Waals surface area contributed by atoms with E-state index in [9.17, 15) is 14.3 Å². The van der Waals surface area contributed by atoms with Crippen LogP contribution >= 0.6 is 0 Å². The molecule has 1 aromatic rings. The van der Waals surface area contributed by atoms with Crippen LogP contribution in [-0.2, 0) is 11.3 Å². The molecule has 5 N–H and O–H groups in total. The molecule has 0 radical (unpaired) electrons. The number of aliphatic hydroxyl groups is 1. The van der Waals surface area contributed by atoms with Crippen molar-refractivity contribution in [3.8, 4) is 0 Å². The smallest absolute Gasteiger partial charge is 0.288 e. The van der Waals surface area contributed by atoms with Crippen LogP contribution in [0.25, 0.3) is 0 Å². The lowest BCUT2D eigenvalue weighted by Gasteiger charge is -2.12. The Labute approximate surface area is 116 Å². The number of alkyl halides is 1. The molecular formula is C13H19FN4O2. The molecule has 110 valence electrons. The SMILES string of the molecule is CN/C(CF)=C(\O)C(=O)NCc1c(C)cc(N)nc1C. The highest BCUT2D eigenvalue weighted by Crippen LogP contribution is 2.14. The Kier molecular flexibility index (Phi) is 5.31. The van der Waals surface area contributed by atoms with Crippen LogP contribution in [0.2, 0.25) is 0 Å². The number of halogens is 1. The molecule has 7 heteroatoms. The zero-order valence-corrected chi connectivity index (χ0v) is 11.7. The lowest BCUT2D eigenvalue weighted by Crippen LogP contribution is -2.28. The van der Waals surface area contributed by atoms with Gasteiger partial charge in [-0.25, -0.2) is 9.37 Å². The Balaban J connectivity index is 2.83. The number of nitrogens with zero attached hydrogens (tertiary/aromatic N) is 1. The van der Waals surface area contributed by atoms with E-state index < -0.39 is 18.3 Å². The topological polar surface area (TPSA) is 100 Å². The first-order chi connectivity index (χ1) is 9.40. The van der Waals surface area contributed by atoms with Gasteiger partial charge >= 0.3 is 0 Å². The van der Waals surface area contributed by atoms with E-state index in [2.05, 4.69) is 15.6 Å². The number of nitrogens with two attached hydrogens (primary N) is 1. The number of rotatable bonds is 5. The van der Waals surface area contributed by atoms with Crippen molar-refractivity contribution < 1.29 is 14.3 Å². The van der Waals surface area contributed by atoms with Crippen LogP contribution in [0.15, 0.2) is 17.5 Å². The lowest BCUT2D eigenvalue weighted by atomic mass is 10.1. The van der Waals surface area contributed by atoms with Gasteiger partial charge in [-0.2, -0.15) is 0 Å². The second-order valence-corrected chi connectivity index (χ2v) is 4.32. The molecule has 0 aromatic carbocycles. The number of nitrogens with one attached hydrogen (secondary N) is 2. The van der Waals surface area contributed by atoms with Gasteiger partial charge in [-0.05, 0) is 31.0 Å². The Bertz CT molecular complexity index is 514. The Morgan fingerprint density at radius 3 is 2.65 bits per heavy atom. The van der Waals surface area contributed by atoms with E-state index in [1.165, 1.54) is 7.05 Å². The minimum Gasteiger partial charge on any atom is -0.502 e. The number of carbonyl (C=O) groups is 1. The van der Waals surface area contributed by atoms with E-state index in [0.717, 1.165) is 11.1 Å². The molecule has 0 aliphatic heterocycles. The number of aromatic nitrogens is 1. The summed E-state index contributed by atoms with van der Waals surface area (Å²) in [7, 11) is 1.43. The molecule has 20 heavy (non-hydrogen) atoms. The van der Waals surface area contributed by atoms with Gasteiger partial charge < -0.3 is 21.5 Å². The third-order valence-electron chi connectivity index (χ3n) is 2.94. The maximum Gasteiger partial charge on any atom is 0.288 e. The van der Waals surface area contributed by atoms with Gasteiger partial charge in [-0.15, -0.1) is 0 Å². The molecule has 0 aliphatic rings. The van der Waals surface area contributed by atoms with Crippen LogP contribution in [0.4, 0.5) is 10.2 Å². The Morgan fingerprint density at radius 2 is 2.15 bits per heavy atom. The summed E-state index contributed by atoms with van der Waals surface area (Å²) in [4.78, 5) is 15.8. The second-order valence-electron chi connectivity index (χ2n) is 4.32. The van der Waals surface area contributed by atoms with Gasteiger partial charge in [-0.3, -0.25) is 4.79 Å². The summed E-state index contributed by atoms with van der Waals surface area (Å²) in [5.74, 6) is -0.996. The van der Waals surface area contributed by atoms with Crippen LogP contribution in [0.5, 0.6) is 0 Å². The molecule has 1 heterocycles. The molecule has 1 amide bonds. The minimum atomic E-state index is -0.947. The molecule has 0 aliphatic carbocycles. The van der Waals surface area contributed by atoms with Gasteiger partial charge in [0.15, 0.2) is 0 Å². The van der Waals surface area contributed by atoms with Crippen LogP contribution in [0.1, 0.15) is 16.8 Å². The molecule has 0 fully saturated rings. The number of hydrogen-bond acceptors (Lipinski definition) is 5. The molecular weight excluding hydrogens is 263 g/mol. The lowest BCUT2D eigenvalue weighted by molar-refractivity contribution is -0.120. The molecule has 6 nitrogen and oxygen atoms in total. The standard InChI is InChI=1S/C13H19FN4O2/c1-7-4-11(15)18-8(2)9(7)6-17-13(20)12(19)10(5-14)16-3/h4,16,19H,5-6H2,1-3H3,(H2,15,18)(H,17,20)/b12-10-. The number of pyridine rings is 1. The van der Waals surface area contributed by atoms with Crippen molar-refractivity contribution in [3.63, 3.8) is 0 Å². The first kappa shape index (κ1) is 15.7. The fourth-order valence-corrected chi connectivity index (χ4v) is 1.79. The minimum absolute atomic E-state index is 0.161. The van der Waals surface area contributed by atoms with Crippen molar-refractivity contribution >= 4 is 11.7 Å². The predicted molar refractivity (Wildman–Crippen MR) is 74.7 cm³/mol. The molecule has 0 saturated carbocycles. The largest absolute Gasteiger partial charge is 0.502 e. The summed E-state index contributed by atoms with van der Waals surface area (Å²) >= 11 is 0. The fourth-order valence-electron chi connectivity index (χ4n) is 1.79. The van der Waals surface area contributed by atoms with E-state index in [1.807, 2.05) is 6.92 Å². The van der Waals surface area contributed by atoms with Crippen LogP contribution in [0.3, 0.4) is 0 Å². The average Bonchev–Trinajstić information content (AvgIpc) is 2.38. The molecule has 1 rings (SSSR count). The quantitative estimate of drug-likeness (QED) is 0.474. The van der Waals surface area contributed by atoms with Crippen LogP contribution < -0.4 is 16.4 Å². The van der Waals surface area contributed by atoms with Gasteiger partial charge in [0.05, 0.1) is 5.70 Å². The average molecular weight is 282 g/mol. The highest BCUT2D eigenvalue weighted by Gasteiger charge is 2.14. The van der Waals surface area contributed by atoms with Crippen LogP contribution in [0, 0.1) is 13.8 Å². The number of hydrogen-bond donors (Lipinski definition) is 4. The zero-order chi connectivity index (χ0) is 15.3. The number of carbonyl (C=O) groups excluding carboxylic acids is 1. The highest BCUT2D eigenvalue weighted by molar-refractivity contribution is 5.91. The van der Waals surface area contributed by atoms with E-state index in [4.69, 9.17) is 5.73 Å². The van der Waals surface area contributed by atoms with Crippen molar-refractivity contribution in [1.29, 1.82) is 0 Å². The highest BCUT2D eigenvalue weighted by atomic mass is 19.1. The van der Waals surface area contributed by atoms with E-state index >= 15 is 0 Å². The van der Waals surface area contributed by atoms with Crippen molar-refractivity contribution in [2.75, 3.05) is 19.5 Å². The number of allylic oxidation sites excluding steroid dienone is 1. The molecule has 1 aromatic heterocycles. The van der Waals surface area contributed by atoms with Gasteiger partial charge in [0, 0.05) is 19.3 Å². The maximum absolute atomic E-state index is 12.5.